The van der Waals surface area contributed by atoms with Gasteiger partial charge >= 0.3 is 0 Å². The van der Waals surface area contributed by atoms with Crippen LogP contribution in [0.1, 0.15) is 19.4 Å². The van der Waals surface area contributed by atoms with Crippen LogP contribution in [0.15, 0.2) is 18.2 Å². The summed E-state index contributed by atoms with van der Waals surface area (Å²) in [7, 11) is 1.97. The second kappa shape index (κ2) is 4.42. The third kappa shape index (κ3) is 1.80. The highest BCUT2D eigenvalue weighted by molar-refractivity contribution is 5.59. The second-order valence-electron chi connectivity index (χ2n) is 4.41. The third-order valence-electron chi connectivity index (χ3n) is 3.55. The molecule has 3 heteroatoms. The van der Waals surface area contributed by atoms with Gasteiger partial charge in [-0.1, -0.05) is 0 Å². The molecule has 1 aromatic carbocycles. The number of anilines is 1. The lowest BCUT2D eigenvalue weighted by Crippen LogP contribution is -2.45. The maximum atomic E-state index is 13.2. The van der Waals surface area contributed by atoms with Gasteiger partial charge in [-0.25, -0.2) is 4.39 Å². The number of nitrogens with one attached hydrogen (secondary N) is 1. The number of hydrogen-bond donors (Lipinski definition) is 1. The minimum Gasteiger partial charge on any atom is -0.367 e. The van der Waals surface area contributed by atoms with Crippen molar-refractivity contribution in [2.75, 3.05) is 18.5 Å². The molecule has 2 nitrogen and oxygen atoms in total. The molecule has 0 saturated heterocycles. The molecule has 0 aliphatic carbocycles. The van der Waals surface area contributed by atoms with Gasteiger partial charge in [-0.3, -0.25) is 0 Å². The standard InChI is InChI=1S/C13H19FN2/c1-4-16-12-6-5-11(14)7-10(12)8-13(16)9(2)15-3/h5-7,9,13,15H,4,8H2,1-3H3. The minimum absolute atomic E-state index is 0.132. The van der Waals surface area contributed by atoms with E-state index in [2.05, 4.69) is 24.1 Å². The van der Waals surface area contributed by atoms with Crippen LogP contribution in [-0.4, -0.2) is 25.7 Å². The van der Waals surface area contributed by atoms with Gasteiger partial charge in [0.25, 0.3) is 0 Å². The van der Waals surface area contributed by atoms with Crippen LogP contribution in [0.4, 0.5) is 10.1 Å². The summed E-state index contributed by atoms with van der Waals surface area (Å²) in [6.45, 7) is 5.29. The van der Waals surface area contributed by atoms with Gasteiger partial charge in [0.1, 0.15) is 5.82 Å². The van der Waals surface area contributed by atoms with Crippen molar-refractivity contribution in [3.05, 3.63) is 29.6 Å². The maximum absolute atomic E-state index is 13.2. The molecule has 0 aromatic heterocycles. The highest BCUT2D eigenvalue weighted by atomic mass is 19.1. The Kier molecular flexibility index (Phi) is 3.15. The Bertz CT molecular complexity index is 378. The third-order valence-corrected chi connectivity index (χ3v) is 3.55. The lowest BCUT2D eigenvalue weighted by Gasteiger charge is -2.30. The Labute approximate surface area is 96.5 Å². The summed E-state index contributed by atoms with van der Waals surface area (Å²) < 4.78 is 13.2. The molecule has 88 valence electrons. The fourth-order valence-corrected chi connectivity index (χ4v) is 2.56. The summed E-state index contributed by atoms with van der Waals surface area (Å²) >= 11 is 0. The van der Waals surface area contributed by atoms with Crippen LogP contribution in [0.2, 0.25) is 0 Å². The zero-order chi connectivity index (χ0) is 11.7. The van der Waals surface area contributed by atoms with Crippen LogP contribution in [0.25, 0.3) is 0 Å². The van der Waals surface area contributed by atoms with E-state index in [0.29, 0.717) is 12.1 Å². The summed E-state index contributed by atoms with van der Waals surface area (Å²) in [5.41, 5.74) is 2.32. The average molecular weight is 222 g/mol. The summed E-state index contributed by atoms with van der Waals surface area (Å²) in [5, 5.41) is 3.29. The number of hydrogen-bond acceptors (Lipinski definition) is 2. The Balaban J connectivity index is 2.32. The molecule has 1 N–H and O–H groups in total. The van der Waals surface area contributed by atoms with E-state index in [4.69, 9.17) is 0 Å². The molecular formula is C13H19FN2. The number of nitrogens with zero attached hydrogens (tertiary/aromatic N) is 1. The molecule has 0 bridgehead atoms. The fraction of sp³-hybridized carbons (Fsp3) is 0.538. The molecule has 1 aromatic rings. The van der Waals surface area contributed by atoms with Crippen LogP contribution in [0.5, 0.6) is 0 Å². The quantitative estimate of drug-likeness (QED) is 0.843. The van der Waals surface area contributed by atoms with Gasteiger partial charge in [0.2, 0.25) is 0 Å². The first-order chi connectivity index (χ1) is 7.67. The number of likely N-dealkylation sites (N-methyl/N-ethyl adjacent to an activating group) is 2. The molecule has 1 aliphatic heterocycles. The van der Waals surface area contributed by atoms with Crippen LogP contribution in [-0.2, 0) is 6.42 Å². The number of benzene rings is 1. The first kappa shape index (κ1) is 11.4. The Morgan fingerprint density at radius 1 is 1.56 bits per heavy atom. The predicted molar refractivity (Wildman–Crippen MR) is 65.4 cm³/mol. The van der Waals surface area contributed by atoms with Gasteiger partial charge in [0.15, 0.2) is 0 Å². The van der Waals surface area contributed by atoms with Crippen LogP contribution < -0.4 is 10.2 Å². The van der Waals surface area contributed by atoms with Gasteiger partial charge in [-0.15, -0.1) is 0 Å². The van der Waals surface area contributed by atoms with E-state index >= 15 is 0 Å². The molecular weight excluding hydrogens is 203 g/mol. The van der Waals surface area contributed by atoms with Gasteiger partial charge in [0.05, 0.1) is 0 Å². The van der Waals surface area contributed by atoms with Crippen LogP contribution >= 0.6 is 0 Å². The average Bonchev–Trinajstić information content (AvgIpc) is 2.65. The molecule has 0 radical (unpaired) electrons. The molecule has 2 unspecified atom stereocenters. The van der Waals surface area contributed by atoms with Crippen molar-refractivity contribution in [1.29, 1.82) is 0 Å². The Morgan fingerprint density at radius 3 is 2.94 bits per heavy atom. The topological polar surface area (TPSA) is 15.3 Å². The van der Waals surface area contributed by atoms with E-state index in [0.717, 1.165) is 18.5 Å². The van der Waals surface area contributed by atoms with E-state index in [9.17, 15) is 4.39 Å². The highest BCUT2D eigenvalue weighted by Gasteiger charge is 2.31. The smallest absolute Gasteiger partial charge is 0.123 e. The zero-order valence-corrected chi connectivity index (χ0v) is 10.1. The van der Waals surface area contributed by atoms with E-state index in [1.165, 1.54) is 5.69 Å². The molecule has 0 saturated carbocycles. The van der Waals surface area contributed by atoms with Crippen molar-refractivity contribution in [1.82, 2.24) is 5.32 Å². The first-order valence-electron chi connectivity index (χ1n) is 5.89. The molecule has 2 atom stereocenters. The van der Waals surface area contributed by atoms with Gasteiger partial charge < -0.3 is 10.2 Å². The van der Waals surface area contributed by atoms with Crippen molar-refractivity contribution in [3.8, 4) is 0 Å². The van der Waals surface area contributed by atoms with Crippen molar-refractivity contribution >= 4 is 5.69 Å². The molecule has 16 heavy (non-hydrogen) atoms. The van der Waals surface area contributed by atoms with Crippen molar-refractivity contribution in [3.63, 3.8) is 0 Å². The van der Waals surface area contributed by atoms with E-state index < -0.39 is 0 Å². The molecule has 0 amide bonds. The highest BCUT2D eigenvalue weighted by Crippen LogP contribution is 2.33. The summed E-state index contributed by atoms with van der Waals surface area (Å²) in [4.78, 5) is 2.36. The Hall–Kier alpha value is -1.09. The van der Waals surface area contributed by atoms with Crippen LogP contribution in [0.3, 0.4) is 0 Å². The van der Waals surface area contributed by atoms with E-state index in [1.54, 1.807) is 12.1 Å². The monoisotopic (exact) mass is 222 g/mol. The maximum Gasteiger partial charge on any atom is 0.123 e. The fourth-order valence-electron chi connectivity index (χ4n) is 2.56. The van der Waals surface area contributed by atoms with Gasteiger partial charge in [0, 0.05) is 24.3 Å². The Morgan fingerprint density at radius 2 is 2.31 bits per heavy atom. The van der Waals surface area contributed by atoms with E-state index in [1.807, 2.05) is 13.1 Å². The molecule has 0 spiro atoms. The molecule has 2 rings (SSSR count). The zero-order valence-electron chi connectivity index (χ0n) is 10.1. The molecule has 0 fully saturated rings. The number of halogens is 1. The van der Waals surface area contributed by atoms with Gasteiger partial charge in [-0.05, 0) is 51.1 Å². The molecule has 1 heterocycles. The lowest BCUT2D eigenvalue weighted by atomic mass is 10.0. The minimum atomic E-state index is -0.132. The number of fused-ring (bicyclic) bond motifs is 1. The lowest BCUT2D eigenvalue weighted by molar-refractivity contribution is 0.476. The van der Waals surface area contributed by atoms with Crippen molar-refractivity contribution in [2.24, 2.45) is 0 Å². The second-order valence-corrected chi connectivity index (χ2v) is 4.41. The summed E-state index contributed by atoms with van der Waals surface area (Å²) in [6, 6.07) is 5.97. The molecule has 1 aliphatic rings. The van der Waals surface area contributed by atoms with E-state index in [-0.39, 0.29) is 5.82 Å². The predicted octanol–water partition coefficient (Wildman–Crippen LogP) is 2.18. The SMILES string of the molecule is CCN1c2ccc(F)cc2CC1C(C)NC. The normalized spacial score (nSPS) is 21.0. The largest absolute Gasteiger partial charge is 0.367 e. The van der Waals surface area contributed by atoms with Crippen molar-refractivity contribution < 1.29 is 4.39 Å². The summed E-state index contributed by atoms with van der Waals surface area (Å²) in [5.74, 6) is -0.132. The summed E-state index contributed by atoms with van der Waals surface area (Å²) in [6.07, 6.45) is 0.933. The van der Waals surface area contributed by atoms with Gasteiger partial charge in [-0.2, -0.15) is 0 Å². The number of rotatable bonds is 3. The first-order valence-corrected chi connectivity index (χ1v) is 5.89. The van der Waals surface area contributed by atoms with Crippen LogP contribution in [0, 0.1) is 5.82 Å². The van der Waals surface area contributed by atoms with Crippen molar-refractivity contribution in [2.45, 2.75) is 32.4 Å².